The highest BCUT2D eigenvalue weighted by Crippen LogP contribution is 2.56. The zero-order valence-electron chi connectivity index (χ0n) is 70.3. The number of carbonyl (C=O) groups excluding carboxylic acids is 4. The van der Waals surface area contributed by atoms with Gasteiger partial charge in [0.1, 0.15) is 48.2 Å². The average Bonchev–Trinajstić information content (AvgIpc) is 1.54. The number of esters is 2. The first-order valence-corrected chi connectivity index (χ1v) is 50.5. The molecule has 0 saturated carbocycles. The van der Waals surface area contributed by atoms with Crippen LogP contribution < -0.4 is 4.74 Å². The summed E-state index contributed by atoms with van der Waals surface area (Å²) < 4.78 is 117. The lowest BCUT2D eigenvalue weighted by molar-refractivity contribution is -0.293. The molecule has 0 N–H and O–H groups in total. The highest BCUT2D eigenvalue weighted by molar-refractivity contribution is 6.75. The smallest absolute Gasteiger partial charge is 0.308 e. The van der Waals surface area contributed by atoms with E-state index in [2.05, 4.69) is 129 Å². The van der Waals surface area contributed by atoms with Gasteiger partial charge in [-0.1, -0.05) is 121 Å². The lowest BCUT2D eigenvalue weighted by Gasteiger charge is -2.53. The van der Waals surface area contributed by atoms with E-state index in [0.29, 0.717) is 50.7 Å². The maximum absolute atomic E-state index is 15.1. The van der Waals surface area contributed by atoms with Crippen LogP contribution in [0.5, 0.6) is 5.75 Å². The Hall–Kier alpha value is -3.39. The number of Topliss-reactive ketones (excluding diaryl/α,β-unsaturated/α-hetero) is 1. The Morgan fingerprint density at radius 1 is 0.591 bits per heavy atom. The number of ether oxygens (including phenoxy) is 14. The maximum Gasteiger partial charge on any atom is 0.308 e. The third kappa shape index (κ3) is 19.2. The molecule has 12 bridgehead atoms. The highest BCUT2D eigenvalue weighted by Gasteiger charge is 2.69. The Morgan fingerprint density at radius 3 is 1.85 bits per heavy atom. The van der Waals surface area contributed by atoms with Gasteiger partial charge in [-0.15, -0.1) is 0 Å². The molecule has 13 rings (SSSR count). The van der Waals surface area contributed by atoms with Gasteiger partial charge in [0, 0.05) is 57.3 Å². The zero-order valence-corrected chi connectivity index (χ0v) is 73.3. The summed E-state index contributed by atoms with van der Waals surface area (Å²) in [6, 6.07) is 7.65. The molecule has 0 aliphatic carbocycles. The van der Waals surface area contributed by atoms with Crippen molar-refractivity contribution in [1.82, 2.24) is 0 Å². The number of rotatable bonds is 22. The maximum atomic E-state index is 15.1. The Bertz CT molecular complexity index is 3430. The first-order chi connectivity index (χ1) is 51.5. The summed E-state index contributed by atoms with van der Waals surface area (Å²) in [5.74, 6) is -2.12. The lowest BCUT2D eigenvalue weighted by Crippen LogP contribution is -2.63. The van der Waals surface area contributed by atoms with Crippen LogP contribution >= 0.6 is 0 Å². The molecule has 0 unspecified atom stereocenters. The van der Waals surface area contributed by atoms with Gasteiger partial charge in [0.2, 0.25) is 0 Å². The van der Waals surface area contributed by atoms with Crippen molar-refractivity contribution >= 4 is 48.5 Å². The topological polar surface area (TPSA) is 225 Å². The third-order valence-corrected chi connectivity index (χ3v) is 41.5. The molecule has 1 aromatic rings. The lowest BCUT2D eigenvalue weighted by atomic mass is 9.79. The second-order valence-corrected chi connectivity index (χ2v) is 53.6. The van der Waals surface area contributed by atoms with E-state index >= 15 is 4.79 Å². The number of allylic oxidation sites excluding steroid dienone is 1. The predicted molar refractivity (Wildman–Crippen MR) is 424 cm³/mol. The van der Waals surface area contributed by atoms with E-state index in [1.807, 2.05) is 38.1 Å². The SMILES string of the molecule is C=C1C[C@@H]2CC[C@]34C[C@H]5O[C@@H]6[C@@H](O3)[C@H]3O[C@H](CC[C@@H]3O[C@H]6[C@H]5O4)CC(=O)O[C@@H]3[C@@H](C)[C@@H]4O[C@H](CC(=O)/C=C/[C@@H](OCc5ccc(OC)cc5)[C@@H](C)CC(=O)C[C@H](C)[C@@H]5O[C@H](CC(=O)OC)[C@H](O[Si](C)(C)C(C)(C)C)C[C@@H]5O[Si](C)(C)C(C)(C)C)[C@H](O[Si](C)(C)C(C)(C)C)C[C@@H]4O[C@H]3C[C@H]3O[C@@H](CC[C@@H]1O2)C[C@@H](C)C3=C. The Balaban J connectivity index is 0.785. The Kier molecular flexibility index (Phi) is 26.5. The first-order valence-electron chi connectivity index (χ1n) is 41.7. The second kappa shape index (κ2) is 33.9. The van der Waals surface area contributed by atoms with Gasteiger partial charge in [0.05, 0.1) is 137 Å². The molecule has 12 saturated heterocycles. The molecule has 0 radical (unpaired) electrons. The summed E-state index contributed by atoms with van der Waals surface area (Å²) in [5, 5.41) is -0.423. The standard InChI is InChI=1S/C86H136O21Si3/c1-48-38-58-29-32-62-50(3)39-60(94-62)34-35-86-46-72-79(103-86)80-81(101-72)82(104-86)78-63(98-80)33-30-59(96-78)41-74(90)102-77-53(6)76-70(97-69(77)42-64(95-58)52(48)5)43-67(105-108(18,19)83(7,8)9)65(100-76)40-55(87)26-31-61(93-47-54-24-27-57(91-16)28-25-54)49(2)36-56(88)37-51(4)75-71(107-110(22,23)85(13,14)15)44-68(66(99-75)45-73(89)92-17)106-109(20,21)84(10,11)12/h24-28,31,48-49,51,53,58-72,75-82H,3,5,29-30,32-47H2,1-2,4,6-23H3/b31-26+/t48-,49+,51+,53+,58+,59-,60+,61-,62+,63+,64-,65-,66-,67-,68-,69+,70+,71+,72-,75+,76+,77-,78+,79+,80+,81+,82+,86-/m1/s1. The molecule has 24 heteroatoms. The van der Waals surface area contributed by atoms with Crippen molar-refractivity contribution in [3.05, 3.63) is 66.3 Å². The molecule has 12 aliphatic heterocycles. The zero-order chi connectivity index (χ0) is 79.7. The number of hydrogen-bond donors (Lipinski definition) is 0. The molecule has 618 valence electrons. The van der Waals surface area contributed by atoms with E-state index < -0.39 is 140 Å². The van der Waals surface area contributed by atoms with Gasteiger partial charge in [-0.05, 0) is 152 Å². The second-order valence-electron chi connectivity index (χ2n) is 39.3. The molecule has 21 nitrogen and oxygen atoms in total. The molecule has 28 atom stereocenters. The summed E-state index contributed by atoms with van der Waals surface area (Å²) in [5.41, 5.74) is 2.98. The molecule has 1 spiro atoms. The minimum Gasteiger partial charge on any atom is -0.497 e. The minimum atomic E-state index is -2.55. The van der Waals surface area contributed by atoms with Gasteiger partial charge >= 0.3 is 11.9 Å². The van der Waals surface area contributed by atoms with Crippen LogP contribution in [0.15, 0.2) is 60.7 Å². The van der Waals surface area contributed by atoms with Crippen LogP contribution in [0.25, 0.3) is 0 Å². The molecule has 12 heterocycles. The van der Waals surface area contributed by atoms with Crippen molar-refractivity contribution < 1.29 is 98.8 Å². The summed E-state index contributed by atoms with van der Waals surface area (Å²) in [7, 11) is -4.34. The molecular weight excluding hydrogens is 1450 g/mol. The third-order valence-electron chi connectivity index (χ3n) is 28.0. The quantitative estimate of drug-likeness (QED) is 0.0455. The van der Waals surface area contributed by atoms with Crippen molar-refractivity contribution in [3.8, 4) is 5.75 Å². The van der Waals surface area contributed by atoms with Gasteiger partial charge in [-0.3, -0.25) is 19.2 Å². The van der Waals surface area contributed by atoms with E-state index in [0.717, 1.165) is 48.8 Å². The van der Waals surface area contributed by atoms with E-state index in [-0.39, 0.29) is 132 Å². The van der Waals surface area contributed by atoms with Crippen LogP contribution in [0.2, 0.25) is 54.4 Å². The molecule has 0 aromatic heterocycles. The van der Waals surface area contributed by atoms with E-state index in [4.69, 9.17) is 79.6 Å². The van der Waals surface area contributed by atoms with Crippen LogP contribution in [0.1, 0.15) is 205 Å². The largest absolute Gasteiger partial charge is 0.497 e. The van der Waals surface area contributed by atoms with Gasteiger partial charge in [0.15, 0.2) is 36.5 Å². The molecule has 12 fully saturated rings. The van der Waals surface area contributed by atoms with Gasteiger partial charge in [0.25, 0.3) is 0 Å². The Labute approximate surface area is 660 Å². The number of fused-ring (bicyclic) bond motifs is 7. The van der Waals surface area contributed by atoms with Gasteiger partial charge < -0.3 is 79.6 Å². The van der Waals surface area contributed by atoms with E-state index in [1.165, 1.54) is 7.11 Å². The summed E-state index contributed by atoms with van der Waals surface area (Å²) >= 11 is 0. The van der Waals surface area contributed by atoms with E-state index in [9.17, 15) is 14.4 Å². The molecule has 1 aromatic carbocycles. The normalized spacial score (nSPS) is 38.8. The fraction of sp³-hybridized carbons (Fsp3) is 0.814. The predicted octanol–water partition coefficient (Wildman–Crippen LogP) is 15.5. The molecule has 12 aliphatic rings. The number of methoxy groups -OCH3 is 2. The number of ketones is 2. The molecular formula is C86H136O21Si3. The minimum absolute atomic E-state index is 0.00137. The van der Waals surface area contributed by atoms with Crippen LogP contribution in [0, 0.1) is 23.7 Å². The summed E-state index contributed by atoms with van der Waals surface area (Å²) in [6.45, 7) is 50.9. The summed E-state index contributed by atoms with van der Waals surface area (Å²) in [6.07, 6.45) is 1.70. The molecule has 0 amide bonds. The van der Waals surface area contributed by atoms with Crippen molar-refractivity contribution in [2.75, 3.05) is 14.2 Å². The van der Waals surface area contributed by atoms with E-state index in [1.54, 1.807) is 19.3 Å². The van der Waals surface area contributed by atoms with Crippen LogP contribution in [-0.2, 0) is 101 Å². The monoisotopic (exact) mass is 1590 g/mol. The highest BCUT2D eigenvalue weighted by atomic mass is 28.4. The van der Waals surface area contributed by atoms with Crippen molar-refractivity contribution in [1.29, 1.82) is 0 Å². The van der Waals surface area contributed by atoms with Gasteiger partial charge in [-0.2, -0.15) is 0 Å². The Morgan fingerprint density at radius 2 is 1.19 bits per heavy atom. The molecule has 110 heavy (non-hydrogen) atoms. The van der Waals surface area contributed by atoms with Crippen LogP contribution in [0.4, 0.5) is 0 Å². The van der Waals surface area contributed by atoms with Crippen molar-refractivity contribution in [2.24, 2.45) is 23.7 Å². The van der Waals surface area contributed by atoms with Crippen LogP contribution in [0.3, 0.4) is 0 Å². The average molecular weight is 1590 g/mol. The number of hydrogen-bond acceptors (Lipinski definition) is 21. The summed E-state index contributed by atoms with van der Waals surface area (Å²) in [4.78, 5) is 58.1. The fourth-order valence-electron chi connectivity index (χ4n) is 18.4. The number of carbonyl (C=O) groups is 4. The number of benzene rings is 1. The fourth-order valence-corrected chi connectivity index (χ4v) is 22.4. The van der Waals surface area contributed by atoms with Crippen molar-refractivity contribution in [2.45, 2.75) is 406 Å². The van der Waals surface area contributed by atoms with Crippen molar-refractivity contribution in [3.63, 3.8) is 0 Å². The van der Waals surface area contributed by atoms with Crippen LogP contribution in [-0.4, -0.2) is 209 Å². The first kappa shape index (κ1) is 86.0. The van der Waals surface area contributed by atoms with Gasteiger partial charge in [-0.25, -0.2) is 0 Å².